The smallest absolute Gasteiger partial charge is 0.246 e. The van der Waals surface area contributed by atoms with Crippen LogP contribution in [0.3, 0.4) is 0 Å². The molecule has 6 heteroatoms. The molecule has 3 rings (SSSR count). The summed E-state index contributed by atoms with van der Waals surface area (Å²) in [5.41, 5.74) is 3.38. The van der Waals surface area contributed by atoms with E-state index in [9.17, 15) is 4.79 Å². The van der Waals surface area contributed by atoms with E-state index in [2.05, 4.69) is 16.2 Å². The molecule has 0 spiro atoms. The molecule has 24 heavy (non-hydrogen) atoms. The van der Waals surface area contributed by atoms with Gasteiger partial charge in [0.05, 0.1) is 17.8 Å². The molecule has 0 N–H and O–H groups in total. The summed E-state index contributed by atoms with van der Waals surface area (Å²) in [6, 6.07) is 10.0. The molecule has 0 aliphatic carbocycles. The normalized spacial score (nSPS) is 10.8. The van der Waals surface area contributed by atoms with Crippen molar-refractivity contribution in [2.24, 2.45) is 0 Å². The van der Waals surface area contributed by atoms with Gasteiger partial charge in [-0.15, -0.1) is 11.3 Å². The molecule has 1 aromatic carbocycles. The van der Waals surface area contributed by atoms with Crippen molar-refractivity contribution in [2.75, 3.05) is 7.05 Å². The second-order valence-electron chi connectivity index (χ2n) is 5.85. The molecule has 124 valence electrons. The molecule has 2 aromatic heterocycles. The molecule has 5 nitrogen and oxygen atoms in total. The number of carbonyl (C=O) groups is 1. The number of amides is 1. The van der Waals surface area contributed by atoms with Gasteiger partial charge in [0.2, 0.25) is 17.6 Å². The Morgan fingerprint density at radius 3 is 2.83 bits per heavy atom. The van der Waals surface area contributed by atoms with Crippen LogP contribution in [-0.2, 0) is 17.8 Å². The summed E-state index contributed by atoms with van der Waals surface area (Å²) in [7, 11) is 1.75. The highest BCUT2D eigenvalue weighted by molar-refractivity contribution is 7.13. The lowest BCUT2D eigenvalue weighted by molar-refractivity contribution is -0.130. The molecule has 1 amide bonds. The maximum absolute atomic E-state index is 12.4. The van der Waals surface area contributed by atoms with Crippen molar-refractivity contribution < 1.29 is 9.32 Å². The summed E-state index contributed by atoms with van der Waals surface area (Å²) >= 11 is 1.55. The second-order valence-corrected chi connectivity index (χ2v) is 6.79. The van der Waals surface area contributed by atoms with Crippen LogP contribution in [0.25, 0.3) is 10.7 Å². The SMILES string of the molecule is Cc1ccc(CC(=O)N(C)Cc2nc(-c3cccs3)no2)c(C)c1. The zero-order valence-corrected chi connectivity index (χ0v) is 14.8. The van der Waals surface area contributed by atoms with Gasteiger partial charge < -0.3 is 9.42 Å². The van der Waals surface area contributed by atoms with Gasteiger partial charge in [0.1, 0.15) is 0 Å². The topological polar surface area (TPSA) is 59.2 Å². The van der Waals surface area contributed by atoms with Gasteiger partial charge in [-0.2, -0.15) is 4.98 Å². The third-order valence-corrected chi connectivity index (χ3v) is 4.71. The lowest BCUT2D eigenvalue weighted by atomic mass is 10.0. The van der Waals surface area contributed by atoms with E-state index in [1.807, 2.05) is 43.5 Å². The van der Waals surface area contributed by atoms with Crippen LogP contribution in [-0.4, -0.2) is 28.0 Å². The molecule has 0 atom stereocenters. The Morgan fingerprint density at radius 1 is 1.29 bits per heavy atom. The van der Waals surface area contributed by atoms with Gasteiger partial charge in [-0.1, -0.05) is 35.0 Å². The van der Waals surface area contributed by atoms with Crippen molar-refractivity contribution in [1.29, 1.82) is 0 Å². The molecule has 0 saturated carbocycles. The number of hydrogen-bond acceptors (Lipinski definition) is 5. The van der Waals surface area contributed by atoms with E-state index in [0.717, 1.165) is 16.0 Å². The standard InChI is InChI=1S/C18H19N3O2S/c1-12-6-7-14(13(2)9-12)10-17(22)21(3)11-16-19-18(20-23-16)15-5-4-8-24-15/h4-9H,10-11H2,1-3H3. The van der Waals surface area contributed by atoms with E-state index in [4.69, 9.17) is 4.52 Å². The third-order valence-electron chi connectivity index (χ3n) is 3.85. The number of benzene rings is 1. The molecule has 2 heterocycles. The molecule has 0 aliphatic rings. The number of likely N-dealkylation sites (N-methyl/N-ethyl adjacent to an activating group) is 1. The van der Waals surface area contributed by atoms with Crippen molar-refractivity contribution in [3.8, 4) is 10.7 Å². The van der Waals surface area contributed by atoms with Crippen LogP contribution in [0.15, 0.2) is 40.2 Å². The van der Waals surface area contributed by atoms with E-state index in [0.29, 0.717) is 24.7 Å². The van der Waals surface area contributed by atoms with E-state index in [1.54, 1.807) is 23.3 Å². The van der Waals surface area contributed by atoms with E-state index < -0.39 is 0 Å². The number of rotatable bonds is 5. The average Bonchev–Trinajstić information content (AvgIpc) is 3.20. The highest BCUT2D eigenvalue weighted by Gasteiger charge is 2.16. The zero-order chi connectivity index (χ0) is 17.1. The first-order valence-corrected chi connectivity index (χ1v) is 8.57. The number of aryl methyl sites for hydroxylation is 2. The van der Waals surface area contributed by atoms with Gasteiger partial charge in [-0.25, -0.2) is 0 Å². The maximum Gasteiger partial charge on any atom is 0.246 e. The van der Waals surface area contributed by atoms with Gasteiger partial charge >= 0.3 is 0 Å². The molecule has 3 aromatic rings. The summed E-state index contributed by atoms with van der Waals surface area (Å²) in [6.45, 7) is 4.38. The molecule has 0 aliphatic heterocycles. The highest BCUT2D eigenvalue weighted by Crippen LogP contribution is 2.21. The molecule has 0 radical (unpaired) electrons. The molecular weight excluding hydrogens is 322 g/mol. The van der Waals surface area contributed by atoms with Crippen LogP contribution >= 0.6 is 11.3 Å². The van der Waals surface area contributed by atoms with E-state index >= 15 is 0 Å². The molecule has 0 bridgehead atoms. The Balaban J connectivity index is 1.64. The van der Waals surface area contributed by atoms with E-state index in [1.165, 1.54) is 5.56 Å². The minimum Gasteiger partial charge on any atom is -0.337 e. The number of nitrogens with zero attached hydrogens (tertiary/aromatic N) is 3. The number of thiophene rings is 1. The fourth-order valence-corrected chi connectivity index (χ4v) is 3.11. The number of aromatic nitrogens is 2. The van der Waals surface area contributed by atoms with Crippen LogP contribution in [0.5, 0.6) is 0 Å². The van der Waals surface area contributed by atoms with Crippen molar-refractivity contribution in [1.82, 2.24) is 15.0 Å². The van der Waals surface area contributed by atoms with E-state index in [-0.39, 0.29) is 5.91 Å². The van der Waals surface area contributed by atoms with Crippen LogP contribution in [0.4, 0.5) is 0 Å². The molecular formula is C18H19N3O2S. The van der Waals surface area contributed by atoms with Gasteiger partial charge in [-0.3, -0.25) is 4.79 Å². The largest absolute Gasteiger partial charge is 0.337 e. The predicted molar refractivity (Wildman–Crippen MR) is 93.7 cm³/mol. The van der Waals surface area contributed by atoms with Crippen molar-refractivity contribution in [3.63, 3.8) is 0 Å². The monoisotopic (exact) mass is 341 g/mol. The molecule has 0 saturated heterocycles. The summed E-state index contributed by atoms with van der Waals surface area (Å²) in [4.78, 5) is 19.3. The number of hydrogen-bond donors (Lipinski definition) is 0. The van der Waals surface area contributed by atoms with Crippen molar-refractivity contribution in [3.05, 3.63) is 58.3 Å². The van der Waals surface area contributed by atoms with Gasteiger partial charge in [0.25, 0.3) is 0 Å². The molecule has 0 unspecified atom stereocenters. The summed E-state index contributed by atoms with van der Waals surface area (Å²) in [5, 5.41) is 5.93. The Bertz CT molecular complexity index is 840. The lowest BCUT2D eigenvalue weighted by Crippen LogP contribution is -2.28. The Kier molecular flexibility index (Phi) is 4.76. The third kappa shape index (κ3) is 3.71. The maximum atomic E-state index is 12.4. The van der Waals surface area contributed by atoms with Gasteiger partial charge in [-0.05, 0) is 36.4 Å². The Morgan fingerprint density at radius 2 is 2.12 bits per heavy atom. The first kappa shape index (κ1) is 16.4. The molecule has 0 fully saturated rings. The Labute approximate surface area is 144 Å². The van der Waals surface area contributed by atoms with Crippen LogP contribution < -0.4 is 0 Å². The lowest BCUT2D eigenvalue weighted by Gasteiger charge is -2.15. The summed E-state index contributed by atoms with van der Waals surface area (Å²) in [6.07, 6.45) is 0.370. The van der Waals surface area contributed by atoms with Crippen molar-refractivity contribution in [2.45, 2.75) is 26.8 Å². The summed E-state index contributed by atoms with van der Waals surface area (Å²) in [5.74, 6) is 1.03. The minimum atomic E-state index is 0.0258. The first-order valence-electron chi connectivity index (χ1n) is 7.69. The fraction of sp³-hybridized carbons (Fsp3) is 0.278. The fourth-order valence-electron chi connectivity index (χ4n) is 2.46. The quantitative estimate of drug-likeness (QED) is 0.711. The van der Waals surface area contributed by atoms with Crippen LogP contribution in [0.2, 0.25) is 0 Å². The number of carbonyl (C=O) groups excluding carboxylic acids is 1. The predicted octanol–water partition coefficient (Wildman–Crippen LogP) is 3.62. The summed E-state index contributed by atoms with van der Waals surface area (Å²) < 4.78 is 5.25. The first-order chi connectivity index (χ1) is 11.5. The van der Waals surface area contributed by atoms with Gasteiger partial charge in [0, 0.05) is 7.05 Å². The zero-order valence-electron chi connectivity index (χ0n) is 13.9. The van der Waals surface area contributed by atoms with Crippen molar-refractivity contribution >= 4 is 17.2 Å². The minimum absolute atomic E-state index is 0.0258. The average molecular weight is 341 g/mol. The second kappa shape index (κ2) is 6.97. The van der Waals surface area contributed by atoms with Crippen LogP contribution in [0, 0.1) is 13.8 Å². The van der Waals surface area contributed by atoms with Crippen LogP contribution in [0.1, 0.15) is 22.6 Å². The Hall–Kier alpha value is -2.47. The van der Waals surface area contributed by atoms with Gasteiger partial charge in [0.15, 0.2) is 0 Å². The highest BCUT2D eigenvalue weighted by atomic mass is 32.1.